The molecule has 104 valence electrons. The smallest absolute Gasteiger partial charge is 0.265 e. The maximum absolute atomic E-state index is 11.6. The van der Waals surface area contributed by atoms with Crippen LogP contribution in [0, 0.1) is 0 Å². The molecule has 0 radical (unpaired) electrons. The molecule has 3 N–H and O–H groups in total. The Hall–Kier alpha value is -2.34. The summed E-state index contributed by atoms with van der Waals surface area (Å²) in [5.74, 6) is 0.536. The largest absolute Gasteiger partial charge is 0.479 e. The van der Waals surface area contributed by atoms with E-state index in [2.05, 4.69) is 10.4 Å². The van der Waals surface area contributed by atoms with Crippen LogP contribution in [-0.2, 0) is 18.4 Å². The summed E-state index contributed by atoms with van der Waals surface area (Å²) in [5.41, 5.74) is 9.01. The lowest BCUT2D eigenvalue weighted by molar-refractivity contribution is -0.122. The molecule has 1 aromatic heterocycles. The summed E-state index contributed by atoms with van der Waals surface area (Å²) in [5, 5.41) is 7.25. The molecule has 2 heterocycles. The number of fused-ring (bicyclic) bond motifs is 1. The van der Waals surface area contributed by atoms with Crippen molar-refractivity contribution in [2.24, 2.45) is 12.8 Å². The van der Waals surface area contributed by atoms with E-state index in [-0.39, 0.29) is 5.91 Å². The zero-order valence-electron chi connectivity index (χ0n) is 11.4. The topological polar surface area (TPSA) is 82.2 Å². The van der Waals surface area contributed by atoms with Crippen LogP contribution in [0.3, 0.4) is 0 Å². The van der Waals surface area contributed by atoms with Gasteiger partial charge >= 0.3 is 0 Å². The Morgan fingerprint density at radius 1 is 1.45 bits per heavy atom. The number of benzene rings is 1. The van der Waals surface area contributed by atoms with Crippen molar-refractivity contribution in [3.05, 3.63) is 30.0 Å². The number of aryl methyl sites for hydroxylation is 1. The lowest BCUT2D eigenvalue weighted by Gasteiger charge is -2.23. The van der Waals surface area contributed by atoms with Crippen molar-refractivity contribution in [2.45, 2.75) is 19.6 Å². The highest BCUT2D eigenvalue weighted by atomic mass is 16.5. The first-order valence-corrected chi connectivity index (χ1v) is 6.43. The van der Waals surface area contributed by atoms with Crippen molar-refractivity contribution >= 4 is 11.6 Å². The number of anilines is 1. The van der Waals surface area contributed by atoms with Crippen LogP contribution in [0.4, 0.5) is 5.69 Å². The van der Waals surface area contributed by atoms with Gasteiger partial charge in [0.2, 0.25) is 0 Å². The quantitative estimate of drug-likeness (QED) is 0.862. The molecule has 1 aliphatic heterocycles. The molecule has 3 rings (SSSR count). The summed E-state index contributed by atoms with van der Waals surface area (Å²) in [6.07, 6.45) is -0.466. The minimum absolute atomic E-state index is 0.140. The first-order valence-electron chi connectivity index (χ1n) is 6.43. The molecule has 6 nitrogen and oxygen atoms in total. The van der Waals surface area contributed by atoms with Gasteiger partial charge in [-0.05, 0) is 31.2 Å². The first kappa shape index (κ1) is 12.7. The van der Waals surface area contributed by atoms with E-state index < -0.39 is 6.10 Å². The average molecular weight is 272 g/mol. The third-order valence-corrected chi connectivity index (χ3v) is 3.39. The third kappa shape index (κ3) is 2.04. The van der Waals surface area contributed by atoms with Gasteiger partial charge in [0.05, 0.1) is 17.1 Å². The molecule has 1 atom stereocenters. The number of nitrogens with zero attached hydrogens (tertiary/aromatic N) is 2. The van der Waals surface area contributed by atoms with Gasteiger partial charge in [-0.15, -0.1) is 0 Å². The monoisotopic (exact) mass is 272 g/mol. The van der Waals surface area contributed by atoms with E-state index in [1.54, 1.807) is 11.6 Å². The lowest BCUT2D eigenvalue weighted by atomic mass is 10.1. The van der Waals surface area contributed by atoms with Crippen molar-refractivity contribution < 1.29 is 9.53 Å². The molecule has 20 heavy (non-hydrogen) atoms. The normalized spacial score (nSPS) is 17.4. The van der Waals surface area contributed by atoms with E-state index in [4.69, 9.17) is 10.5 Å². The fourth-order valence-electron chi connectivity index (χ4n) is 2.21. The van der Waals surface area contributed by atoms with Crippen LogP contribution >= 0.6 is 0 Å². The van der Waals surface area contributed by atoms with Crippen molar-refractivity contribution in [3.8, 4) is 17.0 Å². The predicted molar refractivity (Wildman–Crippen MR) is 75.3 cm³/mol. The number of nitrogens with two attached hydrogens (primary N) is 1. The Bertz CT molecular complexity index is 678. The fourth-order valence-corrected chi connectivity index (χ4v) is 2.21. The molecule has 1 amide bonds. The van der Waals surface area contributed by atoms with Crippen LogP contribution in [0.1, 0.15) is 12.6 Å². The lowest BCUT2D eigenvalue weighted by Crippen LogP contribution is -2.34. The molecule has 1 unspecified atom stereocenters. The van der Waals surface area contributed by atoms with Gasteiger partial charge in [0.25, 0.3) is 5.91 Å². The van der Waals surface area contributed by atoms with Gasteiger partial charge in [-0.1, -0.05) is 0 Å². The summed E-state index contributed by atoms with van der Waals surface area (Å²) in [7, 11) is 1.86. The van der Waals surface area contributed by atoms with Crippen LogP contribution < -0.4 is 15.8 Å². The second-order valence-corrected chi connectivity index (χ2v) is 4.81. The molecular weight excluding hydrogens is 256 g/mol. The second kappa shape index (κ2) is 4.64. The van der Waals surface area contributed by atoms with Crippen LogP contribution in [0.5, 0.6) is 5.75 Å². The van der Waals surface area contributed by atoms with Gasteiger partial charge in [0.1, 0.15) is 5.75 Å². The van der Waals surface area contributed by atoms with Crippen LogP contribution in [0.15, 0.2) is 24.3 Å². The molecule has 0 spiro atoms. The standard InChI is InChI=1S/C14H16N4O2/c1-8-14(19)16-12-5-9(3-4-13(12)20-8)11-6-10(7-15)18(2)17-11/h3-6,8H,7,15H2,1-2H3,(H,16,19). The Morgan fingerprint density at radius 3 is 2.95 bits per heavy atom. The van der Waals surface area contributed by atoms with Crippen molar-refractivity contribution in [1.82, 2.24) is 9.78 Å². The number of aromatic nitrogens is 2. The Balaban J connectivity index is 2.00. The predicted octanol–water partition coefficient (Wildman–Crippen LogP) is 1.27. The second-order valence-electron chi connectivity index (χ2n) is 4.81. The van der Waals surface area contributed by atoms with Crippen molar-refractivity contribution in [2.75, 3.05) is 5.32 Å². The highest BCUT2D eigenvalue weighted by Gasteiger charge is 2.23. The molecule has 0 aliphatic carbocycles. The fraction of sp³-hybridized carbons (Fsp3) is 0.286. The summed E-state index contributed by atoms with van der Waals surface area (Å²) < 4.78 is 7.28. The van der Waals surface area contributed by atoms with E-state index in [1.807, 2.05) is 31.3 Å². The van der Waals surface area contributed by atoms with Gasteiger partial charge in [-0.2, -0.15) is 5.10 Å². The maximum atomic E-state index is 11.6. The zero-order chi connectivity index (χ0) is 14.3. The molecule has 6 heteroatoms. The average Bonchev–Trinajstić information content (AvgIpc) is 2.81. The highest BCUT2D eigenvalue weighted by Crippen LogP contribution is 2.33. The Labute approximate surface area is 116 Å². The Kier molecular flexibility index (Phi) is 2.94. The number of carbonyl (C=O) groups is 1. The van der Waals surface area contributed by atoms with Crippen molar-refractivity contribution in [3.63, 3.8) is 0 Å². The number of nitrogens with one attached hydrogen (secondary N) is 1. The third-order valence-electron chi connectivity index (χ3n) is 3.39. The number of hydrogen-bond donors (Lipinski definition) is 2. The Morgan fingerprint density at radius 2 is 2.25 bits per heavy atom. The maximum Gasteiger partial charge on any atom is 0.265 e. The zero-order valence-corrected chi connectivity index (χ0v) is 11.4. The molecular formula is C14H16N4O2. The van der Waals surface area contributed by atoms with E-state index in [9.17, 15) is 4.79 Å². The number of ether oxygens (including phenoxy) is 1. The SMILES string of the molecule is CC1Oc2ccc(-c3cc(CN)n(C)n3)cc2NC1=O. The van der Waals surface area contributed by atoms with Crippen molar-refractivity contribution in [1.29, 1.82) is 0 Å². The van der Waals surface area contributed by atoms with Crippen LogP contribution in [0.25, 0.3) is 11.3 Å². The number of rotatable bonds is 2. The highest BCUT2D eigenvalue weighted by molar-refractivity contribution is 5.98. The minimum atomic E-state index is -0.466. The van der Waals surface area contributed by atoms with E-state index in [0.29, 0.717) is 18.0 Å². The summed E-state index contributed by atoms with van der Waals surface area (Å²) in [6.45, 7) is 2.16. The summed E-state index contributed by atoms with van der Waals surface area (Å²) in [6, 6.07) is 7.57. The van der Waals surface area contributed by atoms with E-state index >= 15 is 0 Å². The molecule has 0 bridgehead atoms. The molecule has 2 aromatic rings. The van der Waals surface area contributed by atoms with Crippen LogP contribution in [-0.4, -0.2) is 21.8 Å². The molecule has 1 aromatic carbocycles. The summed E-state index contributed by atoms with van der Waals surface area (Å²) in [4.78, 5) is 11.6. The van der Waals surface area contributed by atoms with Gasteiger partial charge < -0.3 is 15.8 Å². The van der Waals surface area contributed by atoms with Gasteiger partial charge in [0, 0.05) is 19.2 Å². The molecule has 1 aliphatic rings. The number of hydrogen-bond acceptors (Lipinski definition) is 4. The van der Waals surface area contributed by atoms with E-state index in [0.717, 1.165) is 17.0 Å². The number of carbonyl (C=O) groups excluding carboxylic acids is 1. The van der Waals surface area contributed by atoms with Gasteiger partial charge in [-0.25, -0.2) is 0 Å². The number of amides is 1. The van der Waals surface area contributed by atoms with Crippen LogP contribution in [0.2, 0.25) is 0 Å². The minimum Gasteiger partial charge on any atom is -0.479 e. The molecule has 0 saturated heterocycles. The molecule has 0 fully saturated rings. The van der Waals surface area contributed by atoms with Gasteiger partial charge in [0.15, 0.2) is 6.10 Å². The molecule has 0 saturated carbocycles. The van der Waals surface area contributed by atoms with Gasteiger partial charge in [-0.3, -0.25) is 9.48 Å². The van der Waals surface area contributed by atoms with E-state index in [1.165, 1.54) is 0 Å². The first-order chi connectivity index (χ1) is 9.58. The summed E-state index contributed by atoms with van der Waals surface area (Å²) >= 11 is 0.